The molecule has 0 unspecified atom stereocenters. The number of H-pyrrole nitrogens is 1. The van der Waals surface area contributed by atoms with E-state index in [4.69, 9.17) is 4.74 Å². The lowest BCUT2D eigenvalue weighted by atomic mass is 9.97. The maximum atomic E-state index is 12.8. The predicted molar refractivity (Wildman–Crippen MR) is 124 cm³/mol. The van der Waals surface area contributed by atoms with Crippen LogP contribution in [0, 0.1) is 6.92 Å². The second-order valence-electron chi connectivity index (χ2n) is 8.28. The van der Waals surface area contributed by atoms with Crippen molar-refractivity contribution >= 4 is 22.6 Å². The van der Waals surface area contributed by atoms with Crippen LogP contribution in [-0.2, 0) is 9.59 Å². The number of likely N-dealkylation sites (tertiary alicyclic amines) is 1. The number of nitrogens with zero attached hydrogens (tertiary/aromatic N) is 1. The smallest absolute Gasteiger partial charge is 0.263 e. The molecule has 4 rings (SSSR count). The van der Waals surface area contributed by atoms with E-state index < -0.39 is 6.10 Å². The number of amides is 2. The Bertz CT molecular complexity index is 1230. The number of carbonyl (C=O) groups excluding carboxylic acids is 2. The van der Waals surface area contributed by atoms with E-state index in [2.05, 4.69) is 10.3 Å². The number of aryl methyl sites for hydroxylation is 1. The molecule has 7 heteroatoms. The number of aromatic nitrogens is 1. The molecule has 2 aromatic carbocycles. The molecule has 2 heterocycles. The number of pyridine rings is 1. The SMILES string of the molecule is CC(=O)N[C@@H]1CCN(C(=O)[C@@H](C)Oc2ccc3c(-c4ccccc4C)c[nH]c(=O)c3c2)C1. The molecule has 0 spiro atoms. The highest BCUT2D eigenvalue weighted by atomic mass is 16.5. The van der Waals surface area contributed by atoms with E-state index in [1.165, 1.54) is 6.92 Å². The molecule has 1 aliphatic rings. The number of rotatable bonds is 5. The van der Waals surface area contributed by atoms with E-state index in [0.29, 0.717) is 24.2 Å². The molecule has 0 bridgehead atoms. The Morgan fingerprint density at radius 1 is 1.16 bits per heavy atom. The number of hydrogen-bond acceptors (Lipinski definition) is 4. The number of ether oxygens (including phenoxy) is 1. The number of hydrogen-bond donors (Lipinski definition) is 2. The van der Waals surface area contributed by atoms with Gasteiger partial charge in [-0.15, -0.1) is 0 Å². The second-order valence-corrected chi connectivity index (χ2v) is 8.28. The molecule has 0 aliphatic carbocycles. The predicted octanol–water partition coefficient (Wildman–Crippen LogP) is 3.01. The molecular formula is C25H27N3O4. The Balaban J connectivity index is 1.55. The van der Waals surface area contributed by atoms with Gasteiger partial charge in [0.05, 0.1) is 5.39 Å². The molecule has 3 aromatic rings. The highest BCUT2D eigenvalue weighted by Gasteiger charge is 2.30. The van der Waals surface area contributed by atoms with Crippen molar-refractivity contribution in [2.75, 3.05) is 13.1 Å². The van der Waals surface area contributed by atoms with Gasteiger partial charge in [0, 0.05) is 37.8 Å². The fourth-order valence-electron chi connectivity index (χ4n) is 4.29. The fraction of sp³-hybridized carbons (Fsp3) is 0.320. The third-order valence-corrected chi connectivity index (χ3v) is 5.88. The van der Waals surface area contributed by atoms with Crippen molar-refractivity contribution in [2.45, 2.75) is 39.3 Å². The molecule has 1 fully saturated rings. The zero-order chi connectivity index (χ0) is 22.8. The summed E-state index contributed by atoms with van der Waals surface area (Å²) in [5, 5.41) is 4.19. The van der Waals surface area contributed by atoms with Gasteiger partial charge < -0.3 is 19.9 Å². The van der Waals surface area contributed by atoms with Crippen LogP contribution in [0.2, 0.25) is 0 Å². The van der Waals surface area contributed by atoms with Crippen LogP contribution in [0.5, 0.6) is 5.75 Å². The summed E-state index contributed by atoms with van der Waals surface area (Å²) in [5.41, 5.74) is 2.89. The zero-order valence-electron chi connectivity index (χ0n) is 18.5. The van der Waals surface area contributed by atoms with E-state index in [9.17, 15) is 14.4 Å². The lowest BCUT2D eigenvalue weighted by molar-refractivity contribution is -0.137. The number of fused-ring (bicyclic) bond motifs is 1. The van der Waals surface area contributed by atoms with Crippen molar-refractivity contribution in [2.24, 2.45) is 0 Å². The monoisotopic (exact) mass is 433 g/mol. The van der Waals surface area contributed by atoms with E-state index in [0.717, 1.165) is 28.5 Å². The average molecular weight is 434 g/mol. The first kappa shape index (κ1) is 21.6. The van der Waals surface area contributed by atoms with Crippen molar-refractivity contribution in [3.63, 3.8) is 0 Å². The van der Waals surface area contributed by atoms with E-state index in [1.54, 1.807) is 30.2 Å². The van der Waals surface area contributed by atoms with Crippen LogP contribution in [-0.4, -0.2) is 46.9 Å². The molecule has 2 atom stereocenters. The minimum Gasteiger partial charge on any atom is -0.481 e. The summed E-state index contributed by atoms with van der Waals surface area (Å²) in [6, 6.07) is 13.3. The van der Waals surface area contributed by atoms with E-state index in [1.807, 2.05) is 37.3 Å². The minimum atomic E-state index is -0.706. The average Bonchev–Trinajstić information content (AvgIpc) is 3.22. The molecule has 0 radical (unpaired) electrons. The molecule has 166 valence electrons. The summed E-state index contributed by atoms with van der Waals surface area (Å²) in [7, 11) is 0. The van der Waals surface area contributed by atoms with Crippen molar-refractivity contribution < 1.29 is 14.3 Å². The molecule has 1 aliphatic heterocycles. The number of nitrogens with one attached hydrogen (secondary N) is 2. The first-order chi connectivity index (χ1) is 15.3. The first-order valence-corrected chi connectivity index (χ1v) is 10.8. The maximum Gasteiger partial charge on any atom is 0.263 e. The van der Waals surface area contributed by atoms with Gasteiger partial charge in [0.15, 0.2) is 6.10 Å². The lowest BCUT2D eigenvalue weighted by Gasteiger charge is -2.22. The highest BCUT2D eigenvalue weighted by molar-refractivity contribution is 5.97. The van der Waals surface area contributed by atoms with Gasteiger partial charge in [0.1, 0.15) is 5.75 Å². The van der Waals surface area contributed by atoms with Crippen LogP contribution >= 0.6 is 0 Å². The molecule has 7 nitrogen and oxygen atoms in total. The minimum absolute atomic E-state index is 0.0252. The Morgan fingerprint density at radius 3 is 2.69 bits per heavy atom. The van der Waals surface area contributed by atoms with Gasteiger partial charge in [-0.1, -0.05) is 24.3 Å². The van der Waals surface area contributed by atoms with Crippen LogP contribution in [0.25, 0.3) is 21.9 Å². The largest absolute Gasteiger partial charge is 0.481 e. The molecule has 1 aromatic heterocycles. The van der Waals surface area contributed by atoms with Gasteiger partial charge in [-0.25, -0.2) is 0 Å². The van der Waals surface area contributed by atoms with Gasteiger partial charge in [-0.3, -0.25) is 14.4 Å². The Hall–Kier alpha value is -3.61. The van der Waals surface area contributed by atoms with Crippen LogP contribution in [0.3, 0.4) is 0 Å². The quantitative estimate of drug-likeness (QED) is 0.647. The first-order valence-electron chi connectivity index (χ1n) is 10.8. The zero-order valence-corrected chi connectivity index (χ0v) is 18.5. The van der Waals surface area contributed by atoms with E-state index >= 15 is 0 Å². The van der Waals surface area contributed by atoms with E-state index in [-0.39, 0.29) is 23.4 Å². The topological polar surface area (TPSA) is 91.5 Å². The molecule has 32 heavy (non-hydrogen) atoms. The van der Waals surface area contributed by atoms with Gasteiger partial charge >= 0.3 is 0 Å². The van der Waals surface area contributed by atoms with Crippen molar-refractivity contribution in [1.29, 1.82) is 0 Å². The lowest BCUT2D eigenvalue weighted by Crippen LogP contribution is -2.42. The standard InChI is InChI=1S/C25H27N3O4/c1-15-6-4-5-7-20(15)23-13-26-24(30)22-12-19(8-9-21(22)23)32-16(2)25(31)28-11-10-18(14-28)27-17(3)29/h4-9,12-13,16,18H,10-11,14H2,1-3H3,(H,26,30)(H,27,29)/t16-,18-/m1/s1. The van der Waals surface area contributed by atoms with Gasteiger partial charge in [-0.05, 0) is 55.0 Å². The van der Waals surface area contributed by atoms with Gasteiger partial charge in [0.25, 0.3) is 11.5 Å². The molecular weight excluding hydrogens is 406 g/mol. The number of carbonyl (C=O) groups is 2. The maximum absolute atomic E-state index is 12.8. The normalized spacial score (nSPS) is 16.7. The molecule has 0 saturated carbocycles. The summed E-state index contributed by atoms with van der Waals surface area (Å²) in [6.07, 6.45) is 1.76. The Morgan fingerprint density at radius 2 is 1.94 bits per heavy atom. The molecule has 2 amide bonds. The Labute approximate surface area is 186 Å². The fourth-order valence-corrected chi connectivity index (χ4v) is 4.29. The summed E-state index contributed by atoms with van der Waals surface area (Å²) in [4.78, 5) is 41.1. The summed E-state index contributed by atoms with van der Waals surface area (Å²) in [6.45, 7) is 6.26. The number of benzene rings is 2. The van der Waals surface area contributed by atoms with Crippen LogP contribution in [0.15, 0.2) is 53.5 Å². The third-order valence-electron chi connectivity index (χ3n) is 5.88. The van der Waals surface area contributed by atoms with Crippen LogP contribution < -0.4 is 15.6 Å². The van der Waals surface area contributed by atoms with Crippen molar-refractivity contribution in [3.8, 4) is 16.9 Å². The number of aromatic amines is 1. The van der Waals surface area contributed by atoms with Crippen LogP contribution in [0.4, 0.5) is 0 Å². The summed E-state index contributed by atoms with van der Waals surface area (Å²) in [5.74, 6) is 0.226. The van der Waals surface area contributed by atoms with Gasteiger partial charge in [-0.2, -0.15) is 0 Å². The van der Waals surface area contributed by atoms with Crippen molar-refractivity contribution in [3.05, 3.63) is 64.6 Å². The van der Waals surface area contributed by atoms with Gasteiger partial charge in [0.2, 0.25) is 5.91 Å². The van der Waals surface area contributed by atoms with Crippen LogP contribution in [0.1, 0.15) is 25.8 Å². The second kappa shape index (κ2) is 8.86. The Kier molecular flexibility index (Phi) is 5.99. The van der Waals surface area contributed by atoms with Crippen molar-refractivity contribution in [1.82, 2.24) is 15.2 Å². The highest BCUT2D eigenvalue weighted by Crippen LogP contribution is 2.30. The summed E-state index contributed by atoms with van der Waals surface area (Å²) >= 11 is 0. The summed E-state index contributed by atoms with van der Waals surface area (Å²) < 4.78 is 5.91. The third kappa shape index (κ3) is 4.37. The molecule has 1 saturated heterocycles. The molecule has 2 N–H and O–H groups in total.